The maximum absolute atomic E-state index is 13.2. The number of sulfonamides is 1. The zero-order valence-electron chi connectivity index (χ0n) is 20.2. The number of piperazine rings is 1. The first-order valence-electron chi connectivity index (χ1n) is 12.2. The lowest BCUT2D eigenvalue weighted by atomic mass is 10.0. The molecule has 3 rings (SSSR count). The van der Waals surface area contributed by atoms with Crippen molar-refractivity contribution in [2.45, 2.75) is 45.1 Å². The van der Waals surface area contributed by atoms with Gasteiger partial charge in [0.25, 0.3) is 0 Å². The standard InChI is InChI=1S/C24H40N4O4S/c1-21-5-3-4-14-26(21)17-18-27(19-20-33(30,31)28-15-12-25-13-16-28)24(29)11-8-22-6-9-23(32-2)10-7-22/h6-7,9-10,21,25H,3-5,8,11-20H2,1-2H3. The van der Waals surface area contributed by atoms with Gasteiger partial charge in [-0.15, -0.1) is 0 Å². The van der Waals surface area contributed by atoms with E-state index in [-0.39, 0.29) is 18.2 Å². The van der Waals surface area contributed by atoms with Crippen molar-refractivity contribution in [1.82, 2.24) is 19.4 Å². The van der Waals surface area contributed by atoms with Crippen molar-refractivity contribution in [3.63, 3.8) is 0 Å². The molecule has 2 fully saturated rings. The van der Waals surface area contributed by atoms with E-state index >= 15 is 0 Å². The lowest BCUT2D eigenvalue weighted by molar-refractivity contribution is -0.131. The number of methoxy groups -OCH3 is 1. The van der Waals surface area contributed by atoms with Crippen LogP contribution in [0.15, 0.2) is 24.3 Å². The summed E-state index contributed by atoms with van der Waals surface area (Å²) in [7, 11) is -1.74. The Bertz CT molecular complexity index is 841. The Balaban J connectivity index is 1.59. The Morgan fingerprint density at radius 2 is 1.85 bits per heavy atom. The second-order valence-corrected chi connectivity index (χ2v) is 11.2. The van der Waals surface area contributed by atoms with Crippen molar-refractivity contribution >= 4 is 15.9 Å². The maximum Gasteiger partial charge on any atom is 0.222 e. The number of nitrogens with one attached hydrogen (secondary N) is 1. The van der Waals surface area contributed by atoms with Gasteiger partial charge in [-0.05, 0) is 50.4 Å². The van der Waals surface area contributed by atoms with Crippen LogP contribution in [0.4, 0.5) is 0 Å². The van der Waals surface area contributed by atoms with E-state index in [1.54, 1.807) is 16.3 Å². The van der Waals surface area contributed by atoms with E-state index in [0.717, 1.165) is 24.4 Å². The number of carbonyl (C=O) groups is 1. The molecule has 9 heteroatoms. The second kappa shape index (κ2) is 12.7. The third kappa shape index (κ3) is 7.95. The molecule has 0 bridgehead atoms. The minimum Gasteiger partial charge on any atom is -0.497 e. The number of benzene rings is 1. The van der Waals surface area contributed by atoms with Crippen molar-refractivity contribution in [2.24, 2.45) is 0 Å². The molecule has 1 amide bonds. The number of nitrogens with zero attached hydrogens (tertiary/aromatic N) is 3. The fraction of sp³-hybridized carbons (Fsp3) is 0.708. The first-order valence-corrected chi connectivity index (χ1v) is 13.8. The zero-order chi connectivity index (χ0) is 23.7. The van der Waals surface area contributed by atoms with E-state index in [9.17, 15) is 13.2 Å². The highest BCUT2D eigenvalue weighted by Gasteiger charge is 2.26. The van der Waals surface area contributed by atoms with E-state index in [1.165, 1.54) is 19.3 Å². The first-order chi connectivity index (χ1) is 15.9. The molecule has 1 unspecified atom stereocenters. The summed E-state index contributed by atoms with van der Waals surface area (Å²) in [6, 6.07) is 8.26. The molecular weight excluding hydrogens is 440 g/mol. The predicted molar refractivity (Wildman–Crippen MR) is 131 cm³/mol. The topological polar surface area (TPSA) is 82.2 Å². The minimum absolute atomic E-state index is 0.0170. The number of piperidine rings is 1. The lowest BCUT2D eigenvalue weighted by Crippen LogP contribution is -2.49. The summed E-state index contributed by atoms with van der Waals surface area (Å²) in [4.78, 5) is 17.3. The summed E-state index contributed by atoms with van der Waals surface area (Å²) in [5.41, 5.74) is 1.07. The van der Waals surface area contributed by atoms with Crippen molar-refractivity contribution in [2.75, 3.05) is 65.2 Å². The van der Waals surface area contributed by atoms with Gasteiger partial charge in [-0.2, -0.15) is 4.31 Å². The molecule has 33 heavy (non-hydrogen) atoms. The lowest BCUT2D eigenvalue weighted by Gasteiger charge is -2.35. The molecule has 0 saturated carbocycles. The Morgan fingerprint density at radius 3 is 2.52 bits per heavy atom. The van der Waals surface area contributed by atoms with Crippen molar-refractivity contribution in [1.29, 1.82) is 0 Å². The second-order valence-electron chi connectivity index (χ2n) is 9.07. The average Bonchev–Trinajstić information content (AvgIpc) is 2.84. The number of hydrogen-bond donors (Lipinski definition) is 1. The smallest absolute Gasteiger partial charge is 0.222 e. The monoisotopic (exact) mass is 480 g/mol. The Morgan fingerprint density at radius 1 is 1.12 bits per heavy atom. The fourth-order valence-corrected chi connectivity index (χ4v) is 6.03. The highest BCUT2D eigenvalue weighted by molar-refractivity contribution is 7.89. The largest absolute Gasteiger partial charge is 0.497 e. The van der Waals surface area contributed by atoms with Crippen LogP contribution in [0.5, 0.6) is 5.75 Å². The fourth-order valence-electron chi connectivity index (χ4n) is 4.58. The van der Waals surface area contributed by atoms with Crippen LogP contribution in [-0.4, -0.2) is 99.7 Å². The predicted octanol–water partition coefficient (Wildman–Crippen LogP) is 1.57. The molecule has 2 saturated heterocycles. The summed E-state index contributed by atoms with van der Waals surface area (Å²) >= 11 is 0. The molecule has 1 aromatic carbocycles. The normalized spacial score (nSPS) is 20.5. The van der Waals surface area contributed by atoms with Gasteiger partial charge in [-0.25, -0.2) is 8.42 Å². The molecule has 1 N–H and O–H groups in total. The average molecular weight is 481 g/mol. The summed E-state index contributed by atoms with van der Waals surface area (Å²) < 4.78 is 32.4. The van der Waals surface area contributed by atoms with E-state index in [4.69, 9.17) is 4.74 Å². The molecule has 1 aromatic rings. The van der Waals surface area contributed by atoms with Crippen LogP contribution in [0.2, 0.25) is 0 Å². The summed E-state index contributed by atoms with van der Waals surface area (Å²) in [6.07, 6.45) is 4.63. The molecule has 2 aliphatic rings. The molecule has 8 nitrogen and oxygen atoms in total. The Kier molecular flexibility index (Phi) is 9.97. The van der Waals surface area contributed by atoms with Gasteiger partial charge in [0.15, 0.2) is 0 Å². The van der Waals surface area contributed by atoms with Gasteiger partial charge < -0.3 is 15.0 Å². The number of rotatable bonds is 11. The van der Waals surface area contributed by atoms with Gasteiger partial charge in [0.2, 0.25) is 15.9 Å². The van der Waals surface area contributed by atoms with Crippen molar-refractivity contribution in [3.05, 3.63) is 29.8 Å². The molecule has 2 heterocycles. The SMILES string of the molecule is COc1ccc(CCC(=O)N(CCN2CCCCC2C)CCS(=O)(=O)N2CCNCC2)cc1. The number of aryl methyl sites for hydroxylation is 1. The summed E-state index contributed by atoms with van der Waals surface area (Å²) in [6.45, 7) is 7.26. The van der Waals surface area contributed by atoms with E-state index in [1.807, 2.05) is 24.3 Å². The third-order valence-electron chi connectivity index (χ3n) is 6.83. The molecule has 2 aliphatic heterocycles. The van der Waals surface area contributed by atoms with Crippen LogP contribution in [0.1, 0.15) is 38.2 Å². The molecular formula is C24H40N4O4S. The number of amides is 1. The maximum atomic E-state index is 13.2. The van der Waals surface area contributed by atoms with Crippen LogP contribution in [-0.2, 0) is 21.2 Å². The molecule has 186 valence electrons. The van der Waals surface area contributed by atoms with Gasteiger partial charge in [0.1, 0.15) is 5.75 Å². The zero-order valence-corrected chi connectivity index (χ0v) is 21.0. The van der Waals surface area contributed by atoms with Crippen LogP contribution < -0.4 is 10.1 Å². The van der Waals surface area contributed by atoms with E-state index in [2.05, 4.69) is 17.1 Å². The summed E-state index contributed by atoms with van der Waals surface area (Å²) in [5.74, 6) is 0.795. The number of ether oxygens (including phenoxy) is 1. The number of carbonyl (C=O) groups excluding carboxylic acids is 1. The van der Waals surface area contributed by atoms with Crippen LogP contribution in [0, 0.1) is 0 Å². The van der Waals surface area contributed by atoms with Crippen molar-refractivity contribution in [3.8, 4) is 5.75 Å². The third-order valence-corrected chi connectivity index (χ3v) is 8.68. The van der Waals surface area contributed by atoms with Gasteiger partial charge in [0, 0.05) is 58.3 Å². The van der Waals surface area contributed by atoms with Gasteiger partial charge in [0.05, 0.1) is 12.9 Å². The highest BCUT2D eigenvalue weighted by atomic mass is 32.2. The van der Waals surface area contributed by atoms with Crippen molar-refractivity contribution < 1.29 is 17.9 Å². The van der Waals surface area contributed by atoms with Gasteiger partial charge in [-0.3, -0.25) is 9.69 Å². The molecule has 0 aliphatic carbocycles. The van der Waals surface area contributed by atoms with Crippen LogP contribution in [0.25, 0.3) is 0 Å². The molecule has 1 atom stereocenters. The summed E-state index contributed by atoms with van der Waals surface area (Å²) in [5, 5.41) is 3.19. The molecule has 0 spiro atoms. The van der Waals surface area contributed by atoms with Crippen LogP contribution >= 0.6 is 0 Å². The molecule has 0 aromatic heterocycles. The molecule has 0 radical (unpaired) electrons. The minimum atomic E-state index is -3.37. The number of hydrogen-bond acceptors (Lipinski definition) is 6. The van der Waals surface area contributed by atoms with E-state index in [0.29, 0.717) is 51.6 Å². The van der Waals surface area contributed by atoms with Crippen LogP contribution in [0.3, 0.4) is 0 Å². The number of likely N-dealkylation sites (tertiary alicyclic amines) is 1. The van der Waals surface area contributed by atoms with Gasteiger partial charge >= 0.3 is 0 Å². The van der Waals surface area contributed by atoms with Gasteiger partial charge in [-0.1, -0.05) is 18.6 Å². The highest BCUT2D eigenvalue weighted by Crippen LogP contribution is 2.17. The Labute approximate surface area is 199 Å². The first kappa shape index (κ1) is 25.9. The quantitative estimate of drug-likeness (QED) is 0.518. The Hall–Kier alpha value is -1.68. The van der Waals surface area contributed by atoms with E-state index < -0.39 is 10.0 Å².